The summed E-state index contributed by atoms with van der Waals surface area (Å²) in [5.74, 6) is -1.51. The van der Waals surface area contributed by atoms with Crippen LogP contribution in [-0.4, -0.2) is 43.0 Å². The Kier molecular flexibility index (Phi) is 6.46. The molecule has 0 aliphatic carbocycles. The first-order chi connectivity index (χ1) is 17.4. The van der Waals surface area contributed by atoms with Gasteiger partial charge in [-0.05, 0) is 36.4 Å². The second kappa shape index (κ2) is 9.57. The van der Waals surface area contributed by atoms with Crippen molar-refractivity contribution in [1.82, 2.24) is 10.4 Å². The van der Waals surface area contributed by atoms with Crippen LogP contribution in [0.25, 0.3) is 0 Å². The molecule has 0 aromatic heterocycles. The average Bonchev–Trinajstić information content (AvgIpc) is 3.40. The SMILES string of the molecule is COc1cccc([C@@H]2NN(C(=O)c3cccc(Br)c3)[C@H]3C(=O)N(c4ccccc4Cl)C(=O)[C@H]23)c1OC. The number of nitrogens with zero attached hydrogens (tertiary/aromatic N) is 2. The Labute approximate surface area is 220 Å². The zero-order chi connectivity index (χ0) is 25.6. The van der Waals surface area contributed by atoms with E-state index >= 15 is 0 Å². The number of rotatable bonds is 5. The molecule has 3 atom stereocenters. The number of benzene rings is 3. The van der Waals surface area contributed by atoms with Gasteiger partial charge in [0.15, 0.2) is 11.5 Å². The van der Waals surface area contributed by atoms with Crippen LogP contribution in [0.4, 0.5) is 5.69 Å². The summed E-state index contributed by atoms with van der Waals surface area (Å²) < 4.78 is 11.8. The van der Waals surface area contributed by atoms with Crippen molar-refractivity contribution in [1.29, 1.82) is 0 Å². The number of carbonyl (C=O) groups excluding carboxylic acids is 3. The fourth-order valence-electron chi connectivity index (χ4n) is 4.82. The number of carbonyl (C=O) groups is 3. The van der Waals surface area contributed by atoms with E-state index in [1.807, 2.05) is 0 Å². The maximum absolute atomic E-state index is 13.8. The van der Waals surface area contributed by atoms with Crippen molar-refractivity contribution >= 4 is 50.9 Å². The molecule has 3 amide bonds. The minimum atomic E-state index is -1.10. The number of hydrogen-bond donors (Lipinski definition) is 1. The number of nitrogens with one attached hydrogen (secondary N) is 1. The van der Waals surface area contributed by atoms with Crippen molar-refractivity contribution in [3.63, 3.8) is 0 Å². The Morgan fingerprint density at radius 1 is 0.972 bits per heavy atom. The molecule has 2 aliphatic heterocycles. The lowest BCUT2D eigenvalue weighted by atomic mass is 9.90. The third-order valence-electron chi connectivity index (χ3n) is 6.39. The molecule has 2 heterocycles. The molecule has 0 unspecified atom stereocenters. The molecule has 0 saturated carbocycles. The van der Waals surface area contributed by atoms with E-state index in [9.17, 15) is 14.4 Å². The van der Waals surface area contributed by atoms with E-state index in [1.54, 1.807) is 66.7 Å². The third kappa shape index (κ3) is 3.84. The average molecular weight is 571 g/mol. The number of ether oxygens (including phenoxy) is 2. The van der Waals surface area contributed by atoms with Crippen LogP contribution >= 0.6 is 27.5 Å². The maximum atomic E-state index is 13.8. The number of para-hydroxylation sites is 2. The highest BCUT2D eigenvalue weighted by atomic mass is 79.9. The number of amides is 3. The van der Waals surface area contributed by atoms with Crippen LogP contribution in [0, 0.1) is 5.92 Å². The minimum absolute atomic E-state index is 0.257. The van der Waals surface area contributed by atoms with Crippen molar-refractivity contribution in [3.05, 3.63) is 87.4 Å². The number of imide groups is 1. The van der Waals surface area contributed by atoms with Crippen LogP contribution in [-0.2, 0) is 9.59 Å². The molecule has 2 saturated heterocycles. The van der Waals surface area contributed by atoms with Gasteiger partial charge >= 0.3 is 0 Å². The van der Waals surface area contributed by atoms with Gasteiger partial charge in [-0.15, -0.1) is 0 Å². The first kappa shape index (κ1) is 24.3. The molecule has 184 valence electrons. The van der Waals surface area contributed by atoms with Gasteiger partial charge in [0.1, 0.15) is 6.04 Å². The standard InChI is InChI=1S/C26H21BrClN3O5/c1-35-19-12-6-9-16(23(19)36-2)21-20-22(31(29-21)24(32)14-7-5-8-15(27)13-14)26(34)30(25(20)33)18-11-4-3-10-17(18)28/h3-13,20-22,29H,1-2H3/t20-,21+,22-/m1/s1. The number of methoxy groups -OCH3 is 2. The topological polar surface area (TPSA) is 88.2 Å². The summed E-state index contributed by atoms with van der Waals surface area (Å²) >= 11 is 9.74. The van der Waals surface area contributed by atoms with E-state index in [4.69, 9.17) is 21.1 Å². The Bertz CT molecular complexity index is 1380. The molecule has 2 fully saturated rings. The van der Waals surface area contributed by atoms with Crippen LogP contribution in [0.1, 0.15) is 22.0 Å². The summed E-state index contributed by atoms with van der Waals surface area (Å²) in [5, 5.41) is 1.50. The predicted molar refractivity (Wildman–Crippen MR) is 137 cm³/mol. The lowest BCUT2D eigenvalue weighted by Gasteiger charge is -2.26. The van der Waals surface area contributed by atoms with Gasteiger partial charge in [-0.3, -0.25) is 19.4 Å². The van der Waals surface area contributed by atoms with Crippen LogP contribution in [0.15, 0.2) is 71.2 Å². The van der Waals surface area contributed by atoms with Gasteiger partial charge < -0.3 is 9.47 Å². The molecule has 36 heavy (non-hydrogen) atoms. The Morgan fingerprint density at radius 2 is 1.72 bits per heavy atom. The van der Waals surface area contributed by atoms with Crippen molar-refractivity contribution in [2.75, 3.05) is 19.1 Å². The van der Waals surface area contributed by atoms with Gasteiger partial charge in [0.05, 0.1) is 36.9 Å². The van der Waals surface area contributed by atoms with Crippen LogP contribution in [0.3, 0.4) is 0 Å². The molecule has 3 aromatic rings. The van der Waals surface area contributed by atoms with E-state index in [0.717, 1.165) is 4.90 Å². The smallest absolute Gasteiger partial charge is 0.268 e. The van der Waals surface area contributed by atoms with Gasteiger partial charge in [-0.25, -0.2) is 10.3 Å². The summed E-state index contributed by atoms with van der Waals surface area (Å²) in [7, 11) is 3.01. The summed E-state index contributed by atoms with van der Waals surface area (Å²) in [4.78, 5) is 42.3. The molecule has 10 heteroatoms. The molecule has 0 radical (unpaired) electrons. The number of halogens is 2. The summed E-state index contributed by atoms with van der Waals surface area (Å²) in [6.07, 6.45) is 0. The van der Waals surface area contributed by atoms with E-state index in [2.05, 4.69) is 21.4 Å². The maximum Gasteiger partial charge on any atom is 0.268 e. The number of anilines is 1. The second-order valence-corrected chi connectivity index (χ2v) is 9.63. The normalized spacial score (nSPS) is 21.1. The summed E-state index contributed by atoms with van der Waals surface area (Å²) in [6.45, 7) is 0. The van der Waals surface area contributed by atoms with Crippen molar-refractivity contribution in [2.45, 2.75) is 12.1 Å². The predicted octanol–water partition coefficient (Wildman–Crippen LogP) is 4.38. The van der Waals surface area contributed by atoms with Gasteiger partial charge in [0.2, 0.25) is 5.91 Å². The molecular formula is C26H21BrClN3O5. The number of hydrazine groups is 1. The summed E-state index contributed by atoms with van der Waals surface area (Å²) in [6, 6.07) is 16.9. The molecule has 0 spiro atoms. The minimum Gasteiger partial charge on any atom is -0.493 e. The molecular weight excluding hydrogens is 550 g/mol. The molecule has 8 nitrogen and oxygen atoms in total. The van der Waals surface area contributed by atoms with E-state index in [1.165, 1.54) is 19.2 Å². The highest BCUT2D eigenvalue weighted by Crippen LogP contribution is 2.47. The molecule has 0 bridgehead atoms. The Morgan fingerprint density at radius 3 is 2.42 bits per heavy atom. The quantitative estimate of drug-likeness (QED) is 0.458. The first-order valence-corrected chi connectivity index (χ1v) is 12.2. The number of fused-ring (bicyclic) bond motifs is 1. The second-order valence-electron chi connectivity index (χ2n) is 8.31. The zero-order valence-electron chi connectivity index (χ0n) is 19.3. The lowest BCUT2D eigenvalue weighted by molar-refractivity contribution is -0.123. The van der Waals surface area contributed by atoms with Crippen LogP contribution in [0.5, 0.6) is 11.5 Å². The van der Waals surface area contributed by atoms with Crippen LogP contribution in [0.2, 0.25) is 5.02 Å². The van der Waals surface area contributed by atoms with Crippen molar-refractivity contribution < 1.29 is 23.9 Å². The fraction of sp³-hybridized carbons (Fsp3) is 0.192. The van der Waals surface area contributed by atoms with Gasteiger partial charge in [0.25, 0.3) is 11.8 Å². The summed E-state index contributed by atoms with van der Waals surface area (Å²) in [5.41, 5.74) is 4.34. The van der Waals surface area contributed by atoms with Crippen molar-refractivity contribution in [2.24, 2.45) is 5.92 Å². The van der Waals surface area contributed by atoms with E-state index in [-0.39, 0.29) is 10.7 Å². The van der Waals surface area contributed by atoms with Gasteiger partial charge in [-0.2, -0.15) is 0 Å². The van der Waals surface area contributed by atoms with Crippen LogP contribution < -0.4 is 19.8 Å². The highest BCUT2D eigenvalue weighted by Gasteiger charge is 2.61. The molecule has 3 aromatic carbocycles. The van der Waals surface area contributed by atoms with Gasteiger partial charge in [0, 0.05) is 15.6 Å². The molecule has 1 N–H and O–H groups in total. The number of hydrogen-bond acceptors (Lipinski definition) is 6. The Hall–Kier alpha value is -3.40. The largest absolute Gasteiger partial charge is 0.493 e. The third-order valence-corrected chi connectivity index (χ3v) is 7.20. The monoisotopic (exact) mass is 569 g/mol. The highest BCUT2D eigenvalue weighted by molar-refractivity contribution is 9.10. The van der Waals surface area contributed by atoms with Gasteiger partial charge in [-0.1, -0.05) is 57.9 Å². The van der Waals surface area contributed by atoms with E-state index < -0.39 is 35.7 Å². The molecule has 2 aliphatic rings. The zero-order valence-corrected chi connectivity index (χ0v) is 21.6. The Balaban J connectivity index is 1.64. The van der Waals surface area contributed by atoms with E-state index in [0.29, 0.717) is 27.1 Å². The lowest BCUT2D eigenvalue weighted by Crippen LogP contribution is -2.48. The molecule has 5 rings (SSSR count). The fourth-order valence-corrected chi connectivity index (χ4v) is 5.44. The van der Waals surface area contributed by atoms with Crippen molar-refractivity contribution in [3.8, 4) is 11.5 Å². The first-order valence-electron chi connectivity index (χ1n) is 11.1.